The number of hydrogen-bond donors (Lipinski definition) is 2. The number of amides is 1. The molecule has 2 aromatic rings. The van der Waals surface area contributed by atoms with Crippen molar-refractivity contribution in [2.75, 3.05) is 25.4 Å². The van der Waals surface area contributed by atoms with Crippen LogP contribution in [0.4, 0.5) is 5.69 Å². The summed E-state index contributed by atoms with van der Waals surface area (Å²) in [6.07, 6.45) is 2.26. The van der Waals surface area contributed by atoms with Gasteiger partial charge in [-0.2, -0.15) is 0 Å². The minimum absolute atomic E-state index is 0.148. The SMILES string of the molecule is Nc1ccc(S(=O)(=O)c2ccc(C(=O)N[C@H]3CN4CCC3CC4)cc2)cc1. The average Bonchev–Trinajstić information content (AvgIpc) is 2.69. The van der Waals surface area contributed by atoms with Gasteiger partial charge in [-0.05, 0) is 80.4 Å². The van der Waals surface area contributed by atoms with E-state index in [9.17, 15) is 13.2 Å². The van der Waals surface area contributed by atoms with Crippen molar-refractivity contribution in [1.82, 2.24) is 10.2 Å². The Bertz CT molecular complexity index is 931. The summed E-state index contributed by atoms with van der Waals surface area (Å²) in [6, 6.07) is 12.4. The highest BCUT2D eigenvalue weighted by Crippen LogP contribution is 2.28. The standard InChI is InChI=1S/C20H23N3O3S/c21-16-3-7-18(8-4-16)27(25,26)17-5-1-15(2-6-17)20(24)22-19-13-23-11-9-14(19)10-12-23/h1-8,14,19H,9-13,21H2,(H,22,24)/t19-/m0/s1. The van der Waals surface area contributed by atoms with Crippen molar-refractivity contribution in [1.29, 1.82) is 0 Å². The maximum Gasteiger partial charge on any atom is 0.251 e. The van der Waals surface area contributed by atoms with Crippen molar-refractivity contribution in [2.45, 2.75) is 28.7 Å². The van der Waals surface area contributed by atoms with Crippen LogP contribution in [0.25, 0.3) is 0 Å². The second-order valence-electron chi connectivity index (χ2n) is 7.31. The molecule has 142 valence electrons. The molecule has 0 aliphatic carbocycles. The number of carbonyl (C=O) groups is 1. The minimum Gasteiger partial charge on any atom is -0.399 e. The van der Waals surface area contributed by atoms with Crippen molar-refractivity contribution in [3.05, 3.63) is 54.1 Å². The molecule has 2 aromatic carbocycles. The molecule has 0 unspecified atom stereocenters. The Balaban J connectivity index is 1.48. The van der Waals surface area contributed by atoms with Crippen LogP contribution < -0.4 is 11.1 Å². The minimum atomic E-state index is -3.63. The van der Waals surface area contributed by atoms with Crippen LogP contribution in [0, 0.1) is 5.92 Å². The quantitative estimate of drug-likeness (QED) is 0.785. The predicted molar refractivity (Wildman–Crippen MR) is 103 cm³/mol. The second-order valence-corrected chi connectivity index (χ2v) is 9.26. The summed E-state index contributed by atoms with van der Waals surface area (Å²) in [4.78, 5) is 15.3. The summed E-state index contributed by atoms with van der Waals surface area (Å²) in [5.41, 5.74) is 6.60. The fraction of sp³-hybridized carbons (Fsp3) is 0.350. The summed E-state index contributed by atoms with van der Waals surface area (Å²) in [5.74, 6) is 0.398. The van der Waals surface area contributed by atoms with Crippen molar-refractivity contribution in [2.24, 2.45) is 5.92 Å². The van der Waals surface area contributed by atoms with E-state index in [1.165, 1.54) is 24.3 Å². The highest BCUT2D eigenvalue weighted by Gasteiger charge is 2.34. The van der Waals surface area contributed by atoms with E-state index in [4.69, 9.17) is 5.73 Å². The number of carbonyl (C=O) groups excluding carboxylic acids is 1. The van der Waals surface area contributed by atoms with E-state index < -0.39 is 9.84 Å². The summed E-state index contributed by atoms with van der Waals surface area (Å²) in [5, 5.41) is 3.12. The topological polar surface area (TPSA) is 92.5 Å². The molecule has 3 aliphatic rings. The third-order valence-electron chi connectivity index (χ3n) is 5.59. The van der Waals surface area contributed by atoms with E-state index in [0.717, 1.165) is 32.5 Å². The first-order chi connectivity index (χ1) is 12.9. The molecule has 1 atom stereocenters. The number of fused-ring (bicyclic) bond motifs is 3. The van der Waals surface area contributed by atoms with E-state index in [2.05, 4.69) is 10.2 Å². The molecular formula is C20H23N3O3S. The first-order valence-corrected chi connectivity index (χ1v) is 10.7. The van der Waals surface area contributed by atoms with Gasteiger partial charge in [-0.25, -0.2) is 8.42 Å². The molecule has 6 nitrogen and oxygen atoms in total. The van der Waals surface area contributed by atoms with Gasteiger partial charge < -0.3 is 16.0 Å². The second kappa shape index (κ2) is 6.98. The molecule has 2 bridgehead atoms. The largest absolute Gasteiger partial charge is 0.399 e. The van der Waals surface area contributed by atoms with Crippen molar-refractivity contribution < 1.29 is 13.2 Å². The number of nitrogen functional groups attached to an aromatic ring is 1. The van der Waals surface area contributed by atoms with Crippen LogP contribution in [0.15, 0.2) is 58.3 Å². The molecule has 0 saturated carbocycles. The van der Waals surface area contributed by atoms with Crippen LogP contribution >= 0.6 is 0 Å². The number of sulfone groups is 1. The van der Waals surface area contributed by atoms with Gasteiger partial charge in [0.2, 0.25) is 9.84 Å². The summed E-state index contributed by atoms with van der Waals surface area (Å²) in [6.45, 7) is 3.14. The number of nitrogens with zero attached hydrogens (tertiary/aromatic N) is 1. The number of benzene rings is 2. The highest BCUT2D eigenvalue weighted by atomic mass is 32.2. The van der Waals surface area contributed by atoms with E-state index in [1.807, 2.05) is 0 Å². The van der Waals surface area contributed by atoms with Gasteiger partial charge in [0.05, 0.1) is 9.79 Å². The Kier molecular flexibility index (Phi) is 4.65. The number of anilines is 1. The normalized spacial score (nSPS) is 24.5. The Morgan fingerprint density at radius 1 is 0.963 bits per heavy atom. The molecule has 3 heterocycles. The smallest absolute Gasteiger partial charge is 0.251 e. The van der Waals surface area contributed by atoms with Crippen LogP contribution in [0.1, 0.15) is 23.2 Å². The van der Waals surface area contributed by atoms with Gasteiger partial charge >= 0.3 is 0 Å². The lowest BCUT2D eigenvalue weighted by molar-refractivity contribution is 0.0620. The van der Waals surface area contributed by atoms with Crippen LogP contribution in [0.3, 0.4) is 0 Å². The molecule has 5 rings (SSSR count). The van der Waals surface area contributed by atoms with Crippen LogP contribution in [-0.2, 0) is 9.84 Å². The first kappa shape index (κ1) is 18.0. The number of nitrogens with two attached hydrogens (primary N) is 1. The van der Waals surface area contributed by atoms with Gasteiger partial charge in [0.25, 0.3) is 5.91 Å². The van der Waals surface area contributed by atoms with Gasteiger partial charge in [0, 0.05) is 23.8 Å². The fourth-order valence-electron chi connectivity index (χ4n) is 3.95. The van der Waals surface area contributed by atoms with Gasteiger partial charge in [-0.15, -0.1) is 0 Å². The zero-order valence-corrected chi connectivity index (χ0v) is 15.8. The Labute approximate surface area is 159 Å². The summed E-state index contributed by atoms with van der Waals surface area (Å²) >= 11 is 0. The molecule has 3 saturated heterocycles. The fourth-order valence-corrected chi connectivity index (χ4v) is 5.21. The average molecular weight is 385 g/mol. The van der Waals surface area contributed by atoms with Crippen LogP contribution in [-0.4, -0.2) is 44.9 Å². The van der Waals surface area contributed by atoms with Crippen LogP contribution in [0.5, 0.6) is 0 Å². The van der Waals surface area contributed by atoms with Gasteiger partial charge in [-0.1, -0.05) is 0 Å². The Morgan fingerprint density at radius 2 is 1.52 bits per heavy atom. The molecule has 3 N–H and O–H groups in total. The van der Waals surface area contributed by atoms with E-state index >= 15 is 0 Å². The lowest BCUT2D eigenvalue weighted by atomic mass is 9.84. The molecule has 0 spiro atoms. The molecule has 3 fully saturated rings. The zero-order valence-electron chi connectivity index (χ0n) is 15.0. The predicted octanol–water partition coefficient (Wildman–Crippen LogP) is 1.93. The van der Waals surface area contributed by atoms with E-state index in [1.54, 1.807) is 24.3 Å². The Hall–Kier alpha value is -2.38. The molecule has 0 aromatic heterocycles. The zero-order chi connectivity index (χ0) is 19.0. The molecule has 3 aliphatic heterocycles. The lowest BCUT2D eigenvalue weighted by Crippen LogP contribution is -2.57. The molecular weight excluding hydrogens is 362 g/mol. The maximum absolute atomic E-state index is 12.7. The summed E-state index contributed by atoms with van der Waals surface area (Å²) < 4.78 is 25.4. The number of rotatable bonds is 4. The number of piperidine rings is 3. The molecule has 1 amide bonds. The highest BCUT2D eigenvalue weighted by molar-refractivity contribution is 7.91. The van der Waals surface area contributed by atoms with Gasteiger partial charge in [0.15, 0.2) is 0 Å². The summed E-state index contributed by atoms with van der Waals surface area (Å²) in [7, 11) is -3.63. The van der Waals surface area contributed by atoms with Crippen LogP contribution in [0.2, 0.25) is 0 Å². The number of hydrogen-bond acceptors (Lipinski definition) is 5. The van der Waals surface area contributed by atoms with Crippen molar-refractivity contribution in [3.63, 3.8) is 0 Å². The molecule has 7 heteroatoms. The Morgan fingerprint density at radius 3 is 2.04 bits per heavy atom. The maximum atomic E-state index is 12.7. The number of nitrogens with one attached hydrogen (secondary N) is 1. The third kappa shape index (κ3) is 3.57. The first-order valence-electron chi connectivity index (χ1n) is 9.17. The van der Waals surface area contributed by atoms with Crippen molar-refractivity contribution in [3.8, 4) is 0 Å². The van der Waals surface area contributed by atoms with E-state index in [-0.39, 0.29) is 21.7 Å². The lowest BCUT2D eigenvalue weighted by Gasteiger charge is -2.44. The van der Waals surface area contributed by atoms with Crippen molar-refractivity contribution >= 4 is 21.4 Å². The van der Waals surface area contributed by atoms with E-state index in [0.29, 0.717) is 17.2 Å². The monoisotopic (exact) mass is 385 g/mol. The van der Waals surface area contributed by atoms with Gasteiger partial charge in [-0.3, -0.25) is 4.79 Å². The molecule has 0 radical (unpaired) electrons. The molecule has 27 heavy (non-hydrogen) atoms. The van der Waals surface area contributed by atoms with Gasteiger partial charge in [0.1, 0.15) is 0 Å². The third-order valence-corrected chi connectivity index (χ3v) is 7.38.